The summed E-state index contributed by atoms with van der Waals surface area (Å²) in [6, 6.07) is 7.52. The predicted molar refractivity (Wildman–Crippen MR) is 69.3 cm³/mol. The van der Waals surface area contributed by atoms with E-state index in [1.807, 2.05) is 18.2 Å². The summed E-state index contributed by atoms with van der Waals surface area (Å²) in [5.41, 5.74) is 1.22. The van der Waals surface area contributed by atoms with E-state index in [0.29, 0.717) is 11.3 Å². The quantitative estimate of drug-likeness (QED) is 0.738. The van der Waals surface area contributed by atoms with Gasteiger partial charge in [0.2, 0.25) is 11.9 Å². The molecule has 8 heteroatoms. The van der Waals surface area contributed by atoms with E-state index in [9.17, 15) is 4.79 Å². The van der Waals surface area contributed by atoms with Crippen LogP contribution < -0.4 is 10.1 Å². The van der Waals surface area contributed by atoms with E-state index in [4.69, 9.17) is 9.26 Å². The Labute approximate surface area is 113 Å². The van der Waals surface area contributed by atoms with Crippen LogP contribution >= 0.6 is 0 Å². The molecular formula is C12H11N5O3. The van der Waals surface area contributed by atoms with Gasteiger partial charge in [0, 0.05) is 5.39 Å². The van der Waals surface area contributed by atoms with Crippen LogP contribution in [0.25, 0.3) is 11.0 Å². The molecule has 1 aromatic carbocycles. The third-order valence-corrected chi connectivity index (χ3v) is 2.69. The van der Waals surface area contributed by atoms with Gasteiger partial charge in [-0.3, -0.25) is 10.1 Å². The molecule has 0 spiro atoms. The van der Waals surface area contributed by atoms with Crippen molar-refractivity contribution < 1.29 is 14.1 Å². The van der Waals surface area contributed by atoms with Crippen molar-refractivity contribution in [2.45, 2.75) is 6.42 Å². The van der Waals surface area contributed by atoms with Crippen molar-refractivity contribution in [1.82, 2.24) is 20.3 Å². The highest BCUT2D eigenvalue weighted by Gasteiger charge is 2.13. The van der Waals surface area contributed by atoms with Crippen LogP contribution in [0.3, 0.4) is 0 Å². The number of para-hydroxylation sites is 1. The van der Waals surface area contributed by atoms with Crippen LogP contribution in [0.2, 0.25) is 0 Å². The van der Waals surface area contributed by atoms with Gasteiger partial charge in [-0.1, -0.05) is 17.3 Å². The number of amides is 1. The van der Waals surface area contributed by atoms with Crippen molar-refractivity contribution in [3.63, 3.8) is 0 Å². The molecule has 1 amide bonds. The molecule has 0 bridgehead atoms. The zero-order valence-electron chi connectivity index (χ0n) is 10.6. The summed E-state index contributed by atoms with van der Waals surface area (Å²) >= 11 is 0. The monoisotopic (exact) mass is 273 g/mol. The molecule has 0 saturated heterocycles. The Balaban J connectivity index is 1.72. The molecule has 2 N–H and O–H groups in total. The average molecular weight is 273 g/mol. The molecule has 0 aliphatic carbocycles. The maximum atomic E-state index is 11.9. The number of rotatable bonds is 4. The van der Waals surface area contributed by atoms with Crippen molar-refractivity contribution in [1.29, 1.82) is 0 Å². The van der Waals surface area contributed by atoms with E-state index in [0.717, 1.165) is 5.39 Å². The van der Waals surface area contributed by atoms with Crippen molar-refractivity contribution in [3.05, 3.63) is 30.0 Å². The maximum absolute atomic E-state index is 11.9. The van der Waals surface area contributed by atoms with Crippen LogP contribution in [0, 0.1) is 0 Å². The number of nitrogens with one attached hydrogen (secondary N) is 2. The van der Waals surface area contributed by atoms with Crippen molar-refractivity contribution in [3.8, 4) is 6.01 Å². The summed E-state index contributed by atoms with van der Waals surface area (Å²) in [7, 11) is 1.44. The largest absolute Gasteiger partial charge is 0.466 e. The Morgan fingerprint density at radius 3 is 3.10 bits per heavy atom. The second-order valence-electron chi connectivity index (χ2n) is 4.02. The Hall–Kier alpha value is -2.90. The molecule has 0 aliphatic heterocycles. The van der Waals surface area contributed by atoms with Gasteiger partial charge < -0.3 is 9.26 Å². The predicted octanol–water partition coefficient (Wildman–Crippen LogP) is 1.14. The lowest BCUT2D eigenvalue weighted by molar-refractivity contribution is -0.115. The summed E-state index contributed by atoms with van der Waals surface area (Å²) in [6.07, 6.45) is 0.0834. The number of nitrogens with zero attached hydrogens (tertiary/aromatic N) is 3. The van der Waals surface area contributed by atoms with Crippen LogP contribution in [-0.4, -0.2) is 33.4 Å². The van der Waals surface area contributed by atoms with Crippen molar-refractivity contribution in [2.24, 2.45) is 0 Å². The lowest BCUT2D eigenvalue weighted by Gasteiger charge is -1.98. The lowest BCUT2D eigenvalue weighted by Crippen LogP contribution is -2.15. The lowest BCUT2D eigenvalue weighted by atomic mass is 10.2. The van der Waals surface area contributed by atoms with E-state index in [1.165, 1.54) is 7.11 Å². The number of ether oxygens (including phenoxy) is 1. The number of benzene rings is 1. The summed E-state index contributed by atoms with van der Waals surface area (Å²) in [5, 5.41) is 13.5. The molecule has 8 nitrogen and oxygen atoms in total. The molecule has 3 rings (SSSR count). The van der Waals surface area contributed by atoms with Gasteiger partial charge >= 0.3 is 6.01 Å². The number of aromatic amines is 1. The molecule has 3 aromatic rings. The number of anilines is 1. The van der Waals surface area contributed by atoms with Gasteiger partial charge in [0.05, 0.1) is 13.5 Å². The highest BCUT2D eigenvalue weighted by molar-refractivity contribution is 5.93. The SMILES string of the molecule is COc1n[nH]c(NC(=O)Cc2noc3ccccc23)n1. The Bertz CT molecular complexity index is 748. The molecule has 102 valence electrons. The van der Waals surface area contributed by atoms with E-state index >= 15 is 0 Å². The number of aromatic nitrogens is 4. The van der Waals surface area contributed by atoms with Gasteiger partial charge in [0.15, 0.2) is 5.58 Å². The smallest absolute Gasteiger partial charge is 0.336 e. The minimum absolute atomic E-state index is 0.0834. The average Bonchev–Trinajstić information content (AvgIpc) is 3.06. The minimum Gasteiger partial charge on any atom is -0.466 e. The normalized spacial score (nSPS) is 10.7. The van der Waals surface area contributed by atoms with Crippen LogP contribution in [0.1, 0.15) is 5.69 Å². The van der Waals surface area contributed by atoms with Crippen LogP contribution in [-0.2, 0) is 11.2 Å². The fourth-order valence-electron chi connectivity index (χ4n) is 1.79. The first-order valence-electron chi connectivity index (χ1n) is 5.86. The Kier molecular flexibility index (Phi) is 3.04. The van der Waals surface area contributed by atoms with E-state index in [1.54, 1.807) is 6.07 Å². The number of hydrogen-bond acceptors (Lipinski definition) is 6. The van der Waals surface area contributed by atoms with Gasteiger partial charge in [0.25, 0.3) is 0 Å². The number of carbonyl (C=O) groups excluding carboxylic acids is 1. The number of H-pyrrole nitrogens is 1. The molecule has 0 aliphatic rings. The van der Waals surface area contributed by atoms with E-state index in [-0.39, 0.29) is 24.3 Å². The molecule has 2 heterocycles. The zero-order chi connectivity index (χ0) is 13.9. The summed E-state index contributed by atoms with van der Waals surface area (Å²) in [5.74, 6) is -0.0532. The fourth-order valence-corrected chi connectivity index (χ4v) is 1.79. The third-order valence-electron chi connectivity index (χ3n) is 2.69. The summed E-state index contributed by atoms with van der Waals surface area (Å²) in [4.78, 5) is 15.8. The number of hydrogen-bond donors (Lipinski definition) is 2. The first-order chi connectivity index (χ1) is 9.76. The first kappa shape index (κ1) is 12.2. The molecular weight excluding hydrogens is 262 g/mol. The number of methoxy groups -OCH3 is 1. The second-order valence-corrected chi connectivity index (χ2v) is 4.02. The molecule has 20 heavy (non-hydrogen) atoms. The summed E-state index contributed by atoms with van der Waals surface area (Å²) in [6.45, 7) is 0. The van der Waals surface area contributed by atoms with Gasteiger partial charge in [-0.2, -0.15) is 4.98 Å². The van der Waals surface area contributed by atoms with Crippen LogP contribution in [0.15, 0.2) is 28.8 Å². The van der Waals surface area contributed by atoms with Gasteiger partial charge in [-0.25, -0.2) is 5.10 Å². The van der Waals surface area contributed by atoms with E-state index < -0.39 is 0 Å². The maximum Gasteiger partial charge on any atom is 0.336 e. The molecule has 0 fully saturated rings. The standard InChI is InChI=1S/C12H11N5O3/c1-19-12-14-11(15-16-12)13-10(18)6-8-7-4-2-3-5-9(7)20-17-8/h2-5H,6H2,1H3,(H2,13,14,15,16,18). The molecule has 2 aromatic heterocycles. The Morgan fingerprint density at radius 1 is 1.45 bits per heavy atom. The van der Waals surface area contributed by atoms with Gasteiger partial charge in [-0.15, -0.1) is 5.10 Å². The van der Waals surface area contributed by atoms with Crippen LogP contribution in [0.5, 0.6) is 6.01 Å². The molecule has 0 saturated carbocycles. The number of carbonyl (C=O) groups is 1. The zero-order valence-corrected chi connectivity index (χ0v) is 10.6. The first-order valence-corrected chi connectivity index (χ1v) is 5.86. The molecule has 0 unspecified atom stereocenters. The third kappa shape index (κ3) is 2.30. The topological polar surface area (TPSA) is 106 Å². The van der Waals surface area contributed by atoms with Crippen LogP contribution in [0.4, 0.5) is 5.95 Å². The highest BCUT2D eigenvalue weighted by Crippen LogP contribution is 2.18. The second kappa shape index (κ2) is 5.00. The minimum atomic E-state index is -0.275. The molecule has 0 atom stereocenters. The van der Waals surface area contributed by atoms with Gasteiger partial charge in [0.1, 0.15) is 5.69 Å². The van der Waals surface area contributed by atoms with Crippen molar-refractivity contribution >= 4 is 22.8 Å². The molecule has 0 radical (unpaired) electrons. The Morgan fingerprint density at radius 2 is 2.30 bits per heavy atom. The van der Waals surface area contributed by atoms with Crippen molar-refractivity contribution in [2.75, 3.05) is 12.4 Å². The highest BCUT2D eigenvalue weighted by atomic mass is 16.5. The fraction of sp³-hybridized carbons (Fsp3) is 0.167. The summed E-state index contributed by atoms with van der Waals surface area (Å²) < 4.78 is 9.94. The number of fused-ring (bicyclic) bond motifs is 1. The van der Waals surface area contributed by atoms with Gasteiger partial charge in [-0.05, 0) is 12.1 Å². The van der Waals surface area contributed by atoms with E-state index in [2.05, 4.69) is 25.7 Å².